The summed E-state index contributed by atoms with van der Waals surface area (Å²) in [6.07, 6.45) is 3.72. The molecule has 15 heavy (non-hydrogen) atoms. The second kappa shape index (κ2) is 3.84. The third kappa shape index (κ3) is 1.90. The lowest BCUT2D eigenvalue weighted by Gasteiger charge is -2.13. The smallest absolute Gasteiger partial charge is 0.330 e. The molecular formula is C9H10N2O4. The average Bonchev–Trinajstić information content (AvgIpc) is 2.66. The first-order chi connectivity index (χ1) is 7.20. The highest BCUT2D eigenvalue weighted by molar-refractivity contribution is 5.01. The Hall–Kier alpha value is -1.66. The van der Waals surface area contributed by atoms with E-state index in [0.717, 1.165) is 0 Å². The Morgan fingerprint density at radius 3 is 2.87 bits per heavy atom. The fourth-order valence-corrected chi connectivity index (χ4v) is 1.38. The Labute approximate surface area is 84.4 Å². The molecule has 1 aliphatic heterocycles. The van der Waals surface area contributed by atoms with E-state index in [1.54, 1.807) is 12.2 Å². The van der Waals surface area contributed by atoms with Crippen LogP contribution in [0.4, 0.5) is 0 Å². The van der Waals surface area contributed by atoms with Crippen LogP contribution in [-0.4, -0.2) is 27.4 Å². The quantitative estimate of drug-likeness (QED) is 0.612. The molecule has 0 saturated heterocycles. The SMILES string of the molecule is O=c1ccn([C@@H]2C=C[C@@H](CO)O2)c(=O)[nH]1. The standard InChI is InChI=1S/C9H10N2O4/c12-5-6-1-2-8(15-6)11-4-3-7(13)10-9(11)14/h1-4,6,8,12H,5H2,(H,10,13,14)/t6-,8-/m0/s1. The summed E-state index contributed by atoms with van der Waals surface area (Å²) in [5.74, 6) is 0. The summed E-state index contributed by atoms with van der Waals surface area (Å²) in [6, 6.07) is 1.24. The number of hydrogen-bond acceptors (Lipinski definition) is 4. The highest BCUT2D eigenvalue weighted by Crippen LogP contribution is 2.18. The van der Waals surface area contributed by atoms with E-state index >= 15 is 0 Å². The van der Waals surface area contributed by atoms with E-state index in [0.29, 0.717) is 0 Å². The van der Waals surface area contributed by atoms with E-state index in [-0.39, 0.29) is 6.61 Å². The van der Waals surface area contributed by atoms with Crippen LogP contribution in [0.2, 0.25) is 0 Å². The molecule has 1 aromatic heterocycles. The summed E-state index contributed by atoms with van der Waals surface area (Å²) >= 11 is 0. The fraction of sp³-hybridized carbons (Fsp3) is 0.333. The van der Waals surface area contributed by atoms with Gasteiger partial charge in [-0.2, -0.15) is 0 Å². The molecule has 0 fully saturated rings. The van der Waals surface area contributed by atoms with Crippen LogP contribution in [0.5, 0.6) is 0 Å². The van der Waals surface area contributed by atoms with Crippen LogP contribution in [0.15, 0.2) is 34.0 Å². The van der Waals surface area contributed by atoms with Gasteiger partial charge in [-0.1, -0.05) is 6.08 Å². The molecule has 6 heteroatoms. The highest BCUT2D eigenvalue weighted by Gasteiger charge is 2.20. The Morgan fingerprint density at radius 1 is 1.47 bits per heavy atom. The number of aromatic nitrogens is 2. The first-order valence-corrected chi connectivity index (χ1v) is 4.47. The Morgan fingerprint density at radius 2 is 2.27 bits per heavy atom. The van der Waals surface area contributed by atoms with Gasteiger partial charge in [0, 0.05) is 12.3 Å². The van der Waals surface area contributed by atoms with Crippen LogP contribution >= 0.6 is 0 Å². The molecular weight excluding hydrogens is 200 g/mol. The van der Waals surface area contributed by atoms with E-state index < -0.39 is 23.6 Å². The van der Waals surface area contributed by atoms with Crippen LogP contribution in [0, 0.1) is 0 Å². The largest absolute Gasteiger partial charge is 0.393 e. The molecule has 2 heterocycles. The number of nitrogens with zero attached hydrogens (tertiary/aromatic N) is 1. The number of aliphatic hydroxyl groups is 1. The Bertz CT molecular complexity index is 487. The van der Waals surface area contributed by atoms with E-state index in [4.69, 9.17) is 9.84 Å². The van der Waals surface area contributed by atoms with Gasteiger partial charge in [-0.3, -0.25) is 14.3 Å². The van der Waals surface area contributed by atoms with E-state index in [1.807, 2.05) is 0 Å². The zero-order chi connectivity index (χ0) is 10.8. The van der Waals surface area contributed by atoms with Gasteiger partial charge < -0.3 is 9.84 Å². The molecule has 2 atom stereocenters. The van der Waals surface area contributed by atoms with Crippen LogP contribution in [0.3, 0.4) is 0 Å². The summed E-state index contributed by atoms with van der Waals surface area (Å²) in [5.41, 5.74) is -0.979. The van der Waals surface area contributed by atoms with E-state index in [9.17, 15) is 9.59 Å². The first kappa shape index (κ1) is 9.88. The zero-order valence-electron chi connectivity index (χ0n) is 7.79. The molecule has 0 spiro atoms. The number of rotatable bonds is 2. The van der Waals surface area contributed by atoms with Gasteiger partial charge in [0.2, 0.25) is 0 Å². The number of ether oxygens (including phenoxy) is 1. The van der Waals surface area contributed by atoms with Crippen molar-refractivity contribution >= 4 is 0 Å². The fourth-order valence-electron chi connectivity index (χ4n) is 1.38. The second-order valence-corrected chi connectivity index (χ2v) is 3.15. The van der Waals surface area contributed by atoms with Crippen molar-refractivity contribution in [3.63, 3.8) is 0 Å². The monoisotopic (exact) mass is 210 g/mol. The number of nitrogens with one attached hydrogen (secondary N) is 1. The number of hydrogen-bond donors (Lipinski definition) is 2. The van der Waals surface area contributed by atoms with Gasteiger partial charge in [-0.05, 0) is 6.08 Å². The summed E-state index contributed by atoms with van der Waals surface area (Å²) in [4.78, 5) is 24.3. The van der Waals surface area contributed by atoms with Crippen molar-refractivity contribution in [3.05, 3.63) is 45.3 Å². The molecule has 0 bridgehead atoms. The molecule has 0 unspecified atom stereocenters. The minimum absolute atomic E-state index is 0.134. The van der Waals surface area contributed by atoms with Crippen LogP contribution in [0.1, 0.15) is 6.23 Å². The third-order valence-electron chi connectivity index (χ3n) is 2.11. The van der Waals surface area contributed by atoms with Crippen molar-refractivity contribution in [1.29, 1.82) is 0 Å². The number of H-pyrrole nitrogens is 1. The Balaban J connectivity index is 2.29. The van der Waals surface area contributed by atoms with Crippen molar-refractivity contribution in [2.75, 3.05) is 6.61 Å². The third-order valence-corrected chi connectivity index (χ3v) is 2.11. The van der Waals surface area contributed by atoms with Gasteiger partial charge in [-0.15, -0.1) is 0 Å². The summed E-state index contributed by atoms with van der Waals surface area (Å²) < 4.78 is 6.54. The molecule has 0 aromatic carbocycles. The van der Waals surface area contributed by atoms with Crippen molar-refractivity contribution in [2.45, 2.75) is 12.3 Å². The predicted octanol–water partition coefficient (Wildman–Crippen LogP) is -1.02. The molecule has 0 radical (unpaired) electrons. The first-order valence-electron chi connectivity index (χ1n) is 4.47. The van der Waals surface area contributed by atoms with Gasteiger partial charge in [0.05, 0.1) is 6.61 Å². The second-order valence-electron chi connectivity index (χ2n) is 3.15. The highest BCUT2D eigenvalue weighted by atomic mass is 16.5. The molecule has 80 valence electrons. The van der Waals surface area contributed by atoms with Crippen molar-refractivity contribution < 1.29 is 9.84 Å². The van der Waals surface area contributed by atoms with Gasteiger partial charge in [-0.25, -0.2) is 4.79 Å². The molecule has 1 aromatic rings. The maximum atomic E-state index is 11.4. The minimum Gasteiger partial charge on any atom is -0.393 e. The van der Waals surface area contributed by atoms with Crippen LogP contribution < -0.4 is 11.2 Å². The number of aliphatic hydroxyl groups excluding tert-OH is 1. The van der Waals surface area contributed by atoms with Gasteiger partial charge >= 0.3 is 5.69 Å². The number of aromatic amines is 1. The molecule has 2 N–H and O–H groups in total. The lowest BCUT2D eigenvalue weighted by Crippen LogP contribution is -2.31. The summed E-state index contributed by atoms with van der Waals surface area (Å²) in [5, 5.41) is 8.82. The molecule has 0 aliphatic carbocycles. The average molecular weight is 210 g/mol. The summed E-state index contributed by atoms with van der Waals surface area (Å²) in [6.45, 7) is -0.134. The lowest BCUT2D eigenvalue weighted by molar-refractivity contribution is -0.0103. The van der Waals surface area contributed by atoms with Crippen molar-refractivity contribution in [3.8, 4) is 0 Å². The molecule has 2 rings (SSSR count). The lowest BCUT2D eigenvalue weighted by atomic mass is 10.4. The molecule has 1 aliphatic rings. The minimum atomic E-state index is -0.563. The molecule has 0 saturated carbocycles. The van der Waals surface area contributed by atoms with Crippen LogP contribution in [0.25, 0.3) is 0 Å². The van der Waals surface area contributed by atoms with Crippen molar-refractivity contribution in [2.24, 2.45) is 0 Å². The van der Waals surface area contributed by atoms with Gasteiger partial charge in [0.25, 0.3) is 5.56 Å². The van der Waals surface area contributed by atoms with Crippen LogP contribution in [-0.2, 0) is 4.74 Å². The predicted molar refractivity (Wildman–Crippen MR) is 51.5 cm³/mol. The normalized spacial score (nSPS) is 24.6. The topological polar surface area (TPSA) is 84.3 Å². The molecule has 0 amide bonds. The van der Waals surface area contributed by atoms with Gasteiger partial charge in [0.15, 0.2) is 6.23 Å². The molecule has 6 nitrogen and oxygen atoms in total. The van der Waals surface area contributed by atoms with Crippen molar-refractivity contribution in [1.82, 2.24) is 9.55 Å². The summed E-state index contributed by atoms with van der Waals surface area (Å²) in [7, 11) is 0. The maximum absolute atomic E-state index is 11.4. The maximum Gasteiger partial charge on any atom is 0.330 e. The van der Waals surface area contributed by atoms with E-state index in [2.05, 4.69) is 4.98 Å². The van der Waals surface area contributed by atoms with E-state index in [1.165, 1.54) is 16.8 Å². The van der Waals surface area contributed by atoms with Gasteiger partial charge in [0.1, 0.15) is 6.10 Å². The zero-order valence-corrected chi connectivity index (χ0v) is 7.79. The Kier molecular flexibility index (Phi) is 2.53.